The minimum absolute atomic E-state index is 0.0762. The number of amides is 1. The number of carbonyl (C=O) groups excluding carboxylic acids is 1. The SMILES string of the molecule is CN(C)CCNC(=O)c1coc(CN(CCN2CCOCC2)Cc2ccccc2C(F)(F)F)n1. The number of benzene rings is 1. The molecule has 0 spiro atoms. The van der Waals surface area contributed by atoms with Crippen molar-refractivity contribution in [2.45, 2.75) is 19.3 Å². The van der Waals surface area contributed by atoms with E-state index in [1.165, 1.54) is 18.4 Å². The zero-order chi connectivity index (χ0) is 24.6. The van der Waals surface area contributed by atoms with E-state index in [0.29, 0.717) is 39.4 Å². The van der Waals surface area contributed by atoms with Crippen LogP contribution in [0, 0.1) is 0 Å². The molecule has 1 aliphatic rings. The highest BCUT2D eigenvalue weighted by Gasteiger charge is 2.33. The molecule has 0 bridgehead atoms. The first-order chi connectivity index (χ1) is 16.2. The molecular weight excluding hydrogens is 451 g/mol. The second-order valence-corrected chi connectivity index (χ2v) is 8.51. The predicted octanol–water partition coefficient (Wildman–Crippen LogP) is 2.32. The number of alkyl halides is 3. The lowest BCUT2D eigenvalue weighted by Gasteiger charge is -2.30. The topological polar surface area (TPSA) is 74.1 Å². The summed E-state index contributed by atoms with van der Waals surface area (Å²) in [5.74, 6) is -0.0663. The van der Waals surface area contributed by atoms with Gasteiger partial charge in [-0.05, 0) is 25.7 Å². The normalized spacial score (nSPS) is 15.3. The zero-order valence-electron chi connectivity index (χ0n) is 19.6. The lowest BCUT2D eigenvalue weighted by atomic mass is 10.1. The molecule has 188 valence electrons. The van der Waals surface area contributed by atoms with E-state index < -0.39 is 11.7 Å². The Balaban J connectivity index is 1.69. The maximum Gasteiger partial charge on any atom is 0.416 e. The van der Waals surface area contributed by atoms with Gasteiger partial charge in [0.15, 0.2) is 5.69 Å². The Labute approximate surface area is 197 Å². The molecule has 34 heavy (non-hydrogen) atoms. The van der Waals surface area contributed by atoms with Crippen molar-refractivity contribution in [2.75, 3.05) is 66.6 Å². The summed E-state index contributed by atoms with van der Waals surface area (Å²) in [6.07, 6.45) is -3.16. The minimum Gasteiger partial charge on any atom is -0.447 e. The van der Waals surface area contributed by atoms with Crippen molar-refractivity contribution >= 4 is 5.91 Å². The molecule has 8 nitrogen and oxygen atoms in total. The van der Waals surface area contributed by atoms with E-state index >= 15 is 0 Å². The largest absolute Gasteiger partial charge is 0.447 e. The molecule has 0 saturated carbocycles. The van der Waals surface area contributed by atoms with Crippen molar-refractivity contribution in [3.8, 4) is 0 Å². The van der Waals surface area contributed by atoms with Gasteiger partial charge in [-0.25, -0.2) is 4.98 Å². The van der Waals surface area contributed by atoms with E-state index in [4.69, 9.17) is 9.15 Å². The van der Waals surface area contributed by atoms with Gasteiger partial charge in [-0.15, -0.1) is 0 Å². The number of likely N-dealkylation sites (N-methyl/N-ethyl adjacent to an activating group) is 1. The van der Waals surface area contributed by atoms with Crippen LogP contribution < -0.4 is 5.32 Å². The van der Waals surface area contributed by atoms with Gasteiger partial charge in [0.1, 0.15) is 6.26 Å². The summed E-state index contributed by atoms with van der Waals surface area (Å²) in [7, 11) is 3.81. The van der Waals surface area contributed by atoms with Crippen molar-refractivity contribution in [1.29, 1.82) is 0 Å². The van der Waals surface area contributed by atoms with Crippen molar-refractivity contribution in [3.05, 3.63) is 53.2 Å². The summed E-state index contributed by atoms with van der Waals surface area (Å²) in [5.41, 5.74) is -0.317. The molecule has 1 aliphatic heterocycles. The molecule has 0 atom stereocenters. The van der Waals surface area contributed by atoms with Crippen LogP contribution in [0.4, 0.5) is 13.2 Å². The third-order valence-corrected chi connectivity index (χ3v) is 5.54. The first-order valence-corrected chi connectivity index (χ1v) is 11.3. The highest BCUT2D eigenvalue weighted by Crippen LogP contribution is 2.32. The molecular formula is C23H32F3N5O3. The Hall–Kier alpha value is -2.47. The Morgan fingerprint density at radius 1 is 1.15 bits per heavy atom. The maximum absolute atomic E-state index is 13.5. The number of oxazole rings is 1. The van der Waals surface area contributed by atoms with Crippen LogP contribution >= 0.6 is 0 Å². The molecule has 1 amide bonds. The molecule has 1 N–H and O–H groups in total. The van der Waals surface area contributed by atoms with Crippen LogP contribution in [0.1, 0.15) is 27.5 Å². The molecule has 0 unspecified atom stereocenters. The first kappa shape index (κ1) is 26.1. The van der Waals surface area contributed by atoms with Gasteiger partial charge in [0.05, 0.1) is 25.3 Å². The Morgan fingerprint density at radius 2 is 1.88 bits per heavy atom. The van der Waals surface area contributed by atoms with Gasteiger partial charge in [-0.2, -0.15) is 13.2 Å². The molecule has 2 aromatic rings. The quantitative estimate of drug-likeness (QED) is 0.526. The Bertz CT molecular complexity index is 913. The minimum atomic E-state index is -4.44. The fraction of sp³-hybridized carbons (Fsp3) is 0.565. The highest BCUT2D eigenvalue weighted by atomic mass is 19.4. The molecule has 3 rings (SSSR count). The van der Waals surface area contributed by atoms with Gasteiger partial charge in [0, 0.05) is 45.8 Å². The number of ether oxygens (including phenoxy) is 1. The lowest BCUT2D eigenvalue weighted by Crippen LogP contribution is -2.41. The molecule has 11 heteroatoms. The lowest BCUT2D eigenvalue weighted by molar-refractivity contribution is -0.138. The average Bonchev–Trinajstić information content (AvgIpc) is 3.26. The number of hydrogen-bond acceptors (Lipinski definition) is 7. The van der Waals surface area contributed by atoms with Crippen LogP contribution in [-0.4, -0.2) is 92.2 Å². The molecule has 1 fully saturated rings. The van der Waals surface area contributed by atoms with E-state index in [1.807, 2.05) is 23.9 Å². The maximum atomic E-state index is 13.5. The van der Waals surface area contributed by atoms with E-state index in [9.17, 15) is 18.0 Å². The first-order valence-electron chi connectivity index (χ1n) is 11.3. The van der Waals surface area contributed by atoms with Gasteiger partial charge in [-0.1, -0.05) is 18.2 Å². The number of carbonyl (C=O) groups is 1. The number of halogens is 3. The fourth-order valence-electron chi connectivity index (χ4n) is 3.66. The molecule has 0 aliphatic carbocycles. The second-order valence-electron chi connectivity index (χ2n) is 8.51. The summed E-state index contributed by atoms with van der Waals surface area (Å²) >= 11 is 0. The monoisotopic (exact) mass is 483 g/mol. The number of aromatic nitrogens is 1. The summed E-state index contributed by atoms with van der Waals surface area (Å²) in [6, 6.07) is 5.58. The standard InChI is InChI=1S/C23H32F3N5O3/c1-29(2)8-7-27-22(32)20-17-34-21(28-20)16-31(10-9-30-11-13-33-14-12-30)15-18-5-3-4-6-19(18)23(24,25)26/h3-6,17H,7-16H2,1-2H3,(H,27,32). The number of hydrogen-bond donors (Lipinski definition) is 1. The van der Waals surface area contributed by atoms with Crippen molar-refractivity contribution in [1.82, 2.24) is 25.0 Å². The molecule has 1 aromatic carbocycles. The van der Waals surface area contributed by atoms with E-state index in [0.717, 1.165) is 19.2 Å². The third kappa shape index (κ3) is 8.08. The molecule has 1 aromatic heterocycles. The number of nitrogens with zero attached hydrogens (tertiary/aromatic N) is 4. The van der Waals surface area contributed by atoms with E-state index in [1.54, 1.807) is 6.07 Å². The van der Waals surface area contributed by atoms with Gasteiger partial charge in [0.25, 0.3) is 5.91 Å². The molecule has 2 heterocycles. The third-order valence-electron chi connectivity index (χ3n) is 5.54. The number of morpholine rings is 1. The van der Waals surface area contributed by atoms with Crippen molar-refractivity contribution in [2.24, 2.45) is 0 Å². The number of nitrogens with one attached hydrogen (secondary N) is 1. The van der Waals surface area contributed by atoms with Gasteiger partial charge < -0.3 is 19.4 Å². The summed E-state index contributed by atoms with van der Waals surface area (Å²) in [6.45, 7) is 5.44. The van der Waals surface area contributed by atoms with Crippen LogP contribution in [0.25, 0.3) is 0 Å². The second kappa shape index (κ2) is 12.3. The van der Waals surface area contributed by atoms with E-state index in [-0.39, 0.29) is 36.1 Å². The number of rotatable bonds is 11. The Kier molecular flexibility index (Phi) is 9.45. The van der Waals surface area contributed by atoms with Crippen LogP contribution in [0.15, 0.2) is 34.9 Å². The average molecular weight is 484 g/mol. The van der Waals surface area contributed by atoms with Gasteiger partial charge >= 0.3 is 6.18 Å². The zero-order valence-corrected chi connectivity index (χ0v) is 19.6. The Morgan fingerprint density at radius 3 is 2.59 bits per heavy atom. The van der Waals surface area contributed by atoms with Gasteiger partial charge in [0.2, 0.25) is 5.89 Å². The highest BCUT2D eigenvalue weighted by molar-refractivity contribution is 5.91. The van der Waals surface area contributed by atoms with Crippen LogP contribution in [0.3, 0.4) is 0 Å². The molecule has 0 radical (unpaired) electrons. The molecule has 1 saturated heterocycles. The summed E-state index contributed by atoms with van der Waals surface area (Å²) in [5, 5.41) is 2.77. The van der Waals surface area contributed by atoms with Gasteiger partial charge in [-0.3, -0.25) is 14.6 Å². The smallest absolute Gasteiger partial charge is 0.416 e. The summed E-state index contributed by atoms with van der Waals surface area (Å²) < 4.78 is 51.4. The predicted molar refractivity (Wildman–Crippen MR) is 120 cm³/mol. The van der Waals surface area contributed by atoms with Crippen LogP contribution in [0.2, 0.25) is 0 Å². The summed E-state index contributed by atoms with van der Waals surface area (Å²) in [4.78, 5) is 22.6. The van der Waals surface area contributed by atoms with Crippen LogP contribution in [-0.2, 0) is 24.0 Å². The van der Waals surface area contributed by atoms with Crippen LogP contribution in [0.5, 0.6) is 0 Å². The van der Waals surface area contributed by atoms with E-state index in [2.05, 4.69) is 15.2 Å². The van der Waals surface area contributed by atoms with Crippen molar-refractivity contribution in [3.63, 3.8) is 0 Å². The van der Waals surface area contributed by atoms with Crippen molar-refractivity contribution < 1.29 is 27.1 Å². The fourth-order valence-corrected chi connectivity index (χ4v) is 3.66.